The van der Waals surface area contributed by atoms with Crippen LogP contribution in [0.4, 0.5) is 0 Å². The molecule has 116 valence electrons. The highest BCUT2D eigenvalue weighted by molar-refractivity contribution is 5.49. The van der Waals surface area contributed by atoms with Crippen LogP contribution in [-0.4, -0.2) is 21.9 Å². The van der Waals surface area contributed by atoms with Crippen LogP contribution in [-0.2, 0) is 17.4 Å². The molecule has 0 aliphatic heterocycles. The molecule has 0 amide bonds. The van der Waals surface area contributed by atoms with Gasteiger partial charge in [0.05, 0.1) is 6.61 Å². The van der Waals surface area contributed by atoms with Crippen molar-refractivity contribution in [2.24, 2.45) is 0 Å². The summed E-state index contributed by atoms with van der Waals surface area (Å²) in [5.41, 5.74) is 2.39. The lowest BCUT2D eigenvalue weighted by Crippen LogP contribution is -2.17. The summed E-state index contributed by atoms with van der Waals surface area (Å²) in [4.78, 5) is 0. The van der Waals surface area contributed by atoms with Gasteiger partial charge < -0.3 is 15.3 Å². The zero-order valence-electron chi connectivity index (χ0n) is 13.9. The van der Waals surface area contributed by atoms with Gasteiger partial charge in [0.2, 0.25) is 0 Å². The van der Waals surface area contributed by atoms with Gasteiger partial charge in [-0.05, 0) is 46.6 Å². The molecule has 20 heavy (non-hydrogen) atoms. The van der Waals surface area contributed by atoms with Gasteiger partial charge in [0.25, 0.3) is 0 Å². The maximum atomic E-state index is 10.4. The molecule has 0 bridgehead atoms. The van der Waals surface area contributed by atoms with E-state index in [4.69, 9.17) is 5.11 Å². The highest BCUT2D eigenvalue weighted by Gasteiger charge is 2.26. The predicted molar refractivity (Wildman–Crippen MR) is 84.2 cm³/mol. The second-order valence-electron chi connectivity index (χ2n) is 7.01. The summed E-state index contributed by atoms with van der Waals surface area (Å²) in [5.74, 6) is 0.363. The van der Waals surface area contributed by atoms with Gasteiger partial charge in [-0.2, -0.15) is 0 Å². The van der Waals surface area contributed by atoms with Crippen LogP contribution in [0.3, 0.4) is 0 Å². The summed E-state index contributed by atoms with van der Waals surface area (Å²) in [5, 5.41) is 27.3. The van der Waals surface area contributed by atoms with Crippen LogP contribution in [0.15, 0.2) is 12.1 Å². The molecule has 0 spiro atoms. The molecule has 0 aliphatic carbocycles. The van der Waals surface area contributed by atoms with Crippen molar-refractivity contribution in [3.63, 3.8) is 0 Å². The molecular formula is C17H30O3. The van der Waals surface area contributed by atoms with Gasteiger partial charge in [-0.15, -0.1) is 0 Å². The average molecular weight is 282 g/mol. The van der Waals surface area contributed by atoms with Crippen molar-refractivity contribution >= 4 is 0 Å². The molecule has 0 aromatic heterocycles. The summed E-state index contributed by atoms with van der Waals surface area (Å²) in [7, 11) is 0. The smallest absolute Gasteiger partial charge is 0.123 e. The lowest BCUT2D eigenvalue weighted by molar-refractivity contribution is 0.281. The fourth-order valence-electron chi connectivity index (χ4n) is 1.93. The molecule has 0 heterocycles. The van der Waals surface area contributed by atoms with Gasteiger partial charge in [-0.25, -0.2) is 0 Å². The Morgan fingerprint density at radius 1 is 0.850 bits per heavy atom. The molecule has 1 aromatic rings. The minimum atomic E-state index is -0.130. The Labute approximate surface area is 123 Å². The van der Waals surface area contributed by atoms with E-state index < -0.39 is 0 Å². The molecule has 3 heteroatoms. The van der Waals surface area contributed by atoms with Crippen molar-refractivity contribution in [3.8, 4) is 5.75 Å². The highest BCUT2D eigenvalue weighted by atomic mass is 16.3. The van der Waals surface area contributed by atoms with Crippen molar-refractivity contribution < 1.29 is 15.3 Å². The van der Waals surface area contributed by atoms with Gasteiger partial charge in [0.15, 0.2) is 0 Å². The standard InChI is InChI=1S/C15H24O2.C2H6O/c1-14(2,3)11-7-10(9-16)8-12(13(11)17)15(4,5)6;1-2-3/h7-8,16-17H,9H2,1-6H3;3H,2H2,1H3. The molecule has 0 aliphatic rings. The zero-order chi connectivity index (χ0) is 16.1. The van der Waals surface area contributed by atoms with Gasteiger partial charge in [-0.3, -0.25) is 0 Å². The number of aliphatic hydroxyl groups is 2. The summed E-state index contributed by atoms with van der Waals surface area (Å²) >= 11 is 0. The van der Waals surface area contributed by atoms with Crippen molar-refractivity contribution in [3.05, 3.63) is 28.8 Å². The summed E-state index contributed by atoms with van der Waals surface area (Å²) in [6.45, 7) is 14.3. The summed E-state index contributed by atoms with van der Waals surface area (Å²) in [6.07, 6.45) is 0. The lowest BCUT2D eigenvalue weighted by Gasteiger charge is -2.28. The maximum absolute atomic E-state index is 10.4. The molecule has 0 atom stereocenters. The minimum Gasteiger partial charge on any atom is -0.507 e. The monoisotopic (exact) mass is 282 g/mol. The first-order valence-electron chi connectivity index (χ1n) is 7.07. The molecule has 0 unspecified atom stereocenters. The van der Waals surface area contributed by atoms with Crippen LogP contribution in [0.1, 0.15) is 65.2 Å². The molecule has 0 fully saturated rings. The van der Waals surface area contributed by atoms with Gasteiger partial charge in [0.1, 0.15) is 5.75 Å². The van der Waals surface area contributed by atoms with Crippen LogP contribution in [0.25, 0.3) is 0 Å². The van der Waals surface area contributed by atoms with Crippen LogP contribution in [0, 0.1) is 0 Å². The molecule has 1 rings (SSSR count). The van der Waals surface area contributed by atoms with E-state index in [9.17, 15) is 10.2 Å². The topological polar surface area (TPSA) is 60.7 Å². The molecular weight excluding hydrogens is 252 g/mol. The molecule has 3 nitrogen and oxygen atoms in total. The Kier molecular flexibility index (Phi) is 6.72. The summed E-state index contributed by atoms with van der Waals surface area (Å²) in [6, 6.07) is 3.79. The van der Waals surface area contributed by atoms with E-state index >= 15 is 0 Å². The fourth-order valence-corrected chi connectivity index (χ4v) is 1.93. The quantitative estimate of drug-likeness (QED) is 0.739. The van der Waals surface area contributed by atoms with E-state index in [2.05, 4.69) is 41.5 Å². The van der Waals surface area contributed by atoms with Crippen molar-refractivity contribution in [2.45, 2.75) is 65.9 Å². The third-order valence-electron chi connectivity index (χ3n) is 2.97. The largest absolute Gasteiger partial charge is 0.507 e. The number of aliphatic hydroxyl groups excluding tert-OH is 2. The number of phenols is 1. The van der Waals surface area contributed by atoms with Crippen LogP contribution >= 0.6 is 0 Å². The Bertz CT molecular complexity index is 388. The molecule has 0 saturated heterocycles. The highest BCUT2D eigenvalue weighted by Crippen LogP contribution is 2.39. The third kappa shape index (κ3) is 5.14. The van der Waals surface area contributed by atoms with Crippen LogP contribution in [0.5, 0.6) is 5.75 Å². The fraction of sp³-hybridized carbons (Fsp3) is 0.647. The van der Waals surface area contributed by atoms with E-state index in [1.165, 1.54) is 0 Å². The Balaban J connectivity index is 0.00000110. The first-order valence-corrected chi connectivity index (χ1v) is 7.07. The second-order valence-corrected chi connectivity index (χ2v) is 7.01. The van der Waals surface area contributed by atoms with E-state index in [1.807, 2.05) is 12.1 Å². The van der Waals surface area contributed by atoms with Crippen molar-refractivity contribution in [1.29, 1.82) is 0 Å². The predicted octanol–water partition coefficient (Wildman–Crippen LogP) is 3.48. The first-order chi connectivity index (χ1) is 8.98. The number of hydrogen-bond acceptors (Lipinski definition) is 3. The van der Waals surface area contributed by atoms with E-state index in [0.717, 1.165) is 16.7 Å². The summed E-state index contributed by atoms with van der Waals surface area (Å²) < 4.78 is 0. The van der Waals surface area contributed by atoms with E-state index in [1.54, 1.807) is 6.92 Å². The van der Waals surface area contributed by atoms with E-state index in [-0.39, 0.29) is 24.0 Å². The van der Waals surface area contributed by atoms with Crippen LogP contribution in [0.2, 0.25) is 0 Å². The number of hydrogen-bond donors (Lipinski definition) is 3. The number of benzene rings is 1. The Morgan fingerprint density at radius 3 is 1.35 bits per heavy atom. The van der Waals surface area contributed by atoms with Crippen molar-refractivity contribution in [1.82, 2.24) is 0 Å². The molecule has 1 aromatic carbocycles. The minimum absolute atomic E-state index is 0.00639. The number of rotatable bonds is 1. The van der Waals surface area contributed by atoms with Gasteiger partial charge >= 0.3 is 0 Å². The van der Waals surface area contributed by atoms with E-state index in [0.29, 0.717) is 5.75 Å². The van der Waals surface area contributed by atoms with Crippen LogP contribution < -0.4 is 0 Å². The maximum Gasteiger partial charge on any atom is 0.123 e. The number of phenolic OH excluding ortho intramolecular Hbond substituents is 1. The molecule has 0 radical (unpaired) electrons. The molecule has 3 N–H and O–H groups in total. The SMILES string of the molecule is CC(C)(C)c1cc(CO)cc(C(C)(C)C)c1O.CCO. The van der Waals surface area contributed by atoms with Gasteiger partial charge in [0, 0.05) is 6.61 Å². The van der Waals surface area contributed by atoms with Crippen molar-refractivity contribution in [2.75, 3.05) is 6.61 Å². The molecule has 0 saturated carbocycles. The average Bonchev–Trinajstić information content (AvgIpc) is 2.27. The lowest BCUT2D eigenvalue weighted by atomic mass is 9.78. The first kappa shape index (κ1) is 18.9. The third-order valence-corrected chi connectivity index (χ3v) is 2.97. The Hall–Kier alpha value is -1.06. The Morgan fingerprint density at radius 2 is 1.15 bits per heavy atom. The zero-order valence-corrected chi connectivity index (χ0v) is 13.9. The van der Waals surface area contributed by atoms with Gasteiger partial charge in [-0.1, -0.05) is 41.5 Å². The normalized spacial score (nSPS) is 11.8. The second kappa shape index (κ2) is 7.09. The number of aromatic hydroxyl groups is 1.